The maximum Gasteiger partial charge on any atom is 0.125 e. The first-order valence-corrected chi connectivity index (χ1v) is 7.57. The summed E-state index contributed by atoms with van der Waals surface area (Å²) in [4.78, 5) is 0. The van der Waals surface area contributed by atoms with Crippen molar-refractivity contribution >= 4 is 44.0 Å². The number of hydrogen-bond donors (Lipinski definition) is 0. The summed E-state index contributed by atoms with van der Waals surface area (Å²) in [6.45, 7) is 0. The Balaban J connectivity index is 2.34. The van der Waals surface area contributed by atoms with Gasteiger partial charge in [0, 0.05) is 0 Å². The van der Waals surface area contributed by atoms with Gasteiger partial charge in [0.1, 0.15) is 9.52 Å². The van der Waals surface area contributed by atoms with Gasteiger partial charge in [0.15, 0.2) is 0 Å². The zero-order valence-corrected chi connectivity index (χ0v) is 12.2. The lowest BCUT2D eigenvalue weighted by Crippen LogP contribution is -2.05. The van der Waals surface area contributed by atoms with Gasteiger partial charge < -0.3 is 0 Å². The highest BCUT2D eigenvalue weighted by Gasteiger charge is 2.08. The van der Waals surface area contributed by atoms with E-state index in [1.165, 1.54) is 10.8 Å². The fourth-order valence-electron chi connectivity index (χ4n) is 1.66. The molecule has 0 spiro atoms. The fourth-order valence-corrected chi connectivity index (χ4v) is 3.18. The minimum absolute atomic E-state index is 0.361. The van der Waals surface area contributed by atoms with Crippen molar-refractivity contribution in [2.24, 2.45) is 0 Å². The molecule has 2 aromatic carbocycles. The van der Waals surface area contributed by atoms with Gasteiger partial charge in [0.25, 0.3) is 0 Å². The molecule has 3 heteroatoms. The van der Waals surface area contributed by atoms with Gasteiger partial charge in [-0.05, 0) is 11.1 Å². The number of benzene rings is 2. The van der Waals surface area contributed by atoms with Crippen LogP contribution >= 0.6 is 23.2 Å². The molecular weight excluding hydrogens is 279 g/mol. The summed E-state index contributed by atoms with van der Waals surface area (Å²) in [5, 5.41) is 1.18. The van der Waals surface area contributed by atoms with Crippen LogP contribution in [0.1, 0.15) is 11.1 Å². The highest BCUT2D eigenvalue weighted by atomic mass is 35.5. The molecule has 0 aliphatic carbocycles. The van der Waals surface area contributed by atoms with Crippen molar-refractivity contribution in [3.63, 3.8) is 0 Å². The normalized spacial score (nSPS) is 11.8. The highest BCUT2D eigenvalue weighted by molar-refractivity contribution is 6.80. The molecule has 0 aromatic heterocycles. The Morgan fingerprint density at radius 2 is 1.44 bits per heavy atom. The van der Waals surface area contributed by atoms with Gasteiger partial charge >= 0.3 is 0 Å². The summed E-state index contributed by atoms with van der Waals surface area (Å²) in [5.74, 6) is 0. The molecule has 0 heterocycles. The molecule has 2 radical (unpaired) electrons. The predicted molar refractivity (Wildman–Crippen MR) is 82.0 cm³/mol. The van der Waals surface area contributed by atoms with Gasteiger partial charge in [0.05, 0.1) is 4.46 Å². The van der Waals surface area contributed by atoms with E-state index in [4.69, 9.17) is 23.2 Å². The van der Waals surface area contributed by atoms with Crippen LogP contribution in [0.15, 0.2) is 60.7 Å². The van der Waals surface area contributed by atoms with Gasteiger partial charge in [-0.1, -0.05) is 71.9 Å². The maximum atomic E-state index is 5.93. The van der Waals surface area contributed by atoms with Crippen LogP contribution < -0.4 is 0 Å². The summed E-state index contributed by atoms with van der Waals surface area (Å²) in [6.07, 6.45) is 2.14. The molecule has 0 saturated carbocycles. The van der Waals surface area contributed by atoms with Gasteiger partial charge in [-0.25, -0.2) is 0 Å². The van der Waals surface area contributed by atoms with Gasteiger partial charge in [-0.15, -0.1) is 23.2 Å². The largest absolute Gasteiger partial charge is 0.125 e. The van der Waals surface area contributed by atoms with Crippen molar-refractivity contribution in [2.45, 2.75) is 4.46 Å². The van der Waals surface area contributed by atoms with Gasteiger partial charge in [0.2, 0.25) is 0 Å². The molecule has 0 N–H and O–H groups in total. The van der Waals surface area contributed by atoms with Crippen LogP contribution in [0.25, 0.3) is 11.3 Å². The van der Waals surface area contributed by atoms with Crippen molar-refractivity contribution in [2.75, 3.05) is 0 Å². The number of halogens is 2. The second kappa shape index (κ2) is 6.79. The molecule has 0 unspecified atom stereocenters. The lowest BCUT2D eigenvalue weighted by Gasteiger charge is -2.08. The standard InChI is InChI=1S/C15H12Cl2Si/c16-15(17)18-14(13-9-5-2-6-10-13)11-12-7-3-1-4-8-12/h1-11,15H. The summed E-state index contributed by atoms with van der Waals surface area (Å²) in [6, 6.07) is 20.4. The fraction of sp³-hybridized carbons (Fsp3) is 0.0667. The number of rotatable bonds is 4. The third-order valence-corrected chi connectivity index (χ3v) is 4.08. The molecule has 2 rings (SSSR count). The smallest absolute Gasteiger partial charge is 0.110 e. The molecular formula is C15H12Cl2Si. The average molecular weight is 291 g/mol. The van der Waals surface area contributed by atoms with Crippen molar-refractivity contribution < 1.29 is 0 Å². The lowest BCUT2D eigenvalue weighted by molar-refractivity contribution is 1.63. The second-order valence-corrected chi connectivity index (χ2v) is 7.01. The quantitative estimate of drug-likeness (QED) is 0.437. The Labute approximate surface area is 120 Å². The summed E-state index contributed by atoms with van der Waals surface area (Å²) < 4.78 is -0.361. The third-order valence-electron chi connectivity index (χ3n) is 2.46. The molecule has 0 aliphatic rings. The SMILES string of the molecule is ClC(Cl)[Si]C(=Cc1ccccc1)c1ccccc1. The molecule has 0 nitrogen and oxygen atoms in total. The van der Waals surface area contributed by atoms with Crippen LogP contribution in [0, 0.1) is 0 Å². The van der Waals surface area contributed by atoms with Crippen LogP contribution in [0.4, 0.5) is 0 Å². The van der Waals surface area contributed by atoms with E-state index in [0.29, 0.717) is 9.52 Å². The van der Waals surface area contributed by atoms with Crippen molar-refractivity contribution in [1.29, 1.82) is 0 Å². The summed E-state index contributed by atoms with van der Waals surface area (Å²) in [5.41, 5.74) is 2.34. The number of alkyl halides is 2. The first kappa shape index (κ1) is 13.4. The molecule has 0 fully saturated rings. The van der Waals surface area contributed by atoms with E-state index < -0.39 is 0 Å². The maximum absolute atomic E-state index is 5.93. The van der Waals surface area contributed by atoms with Crippen LogP contribution in [0.5, 0.6) is 0 Å². The zero-order valence-electron chi connectivity index (χ0n) is 9.68. The number of hydrogen-bond acceptors (Lipinski definition) is 0. The van der Waals surface area contributed by atoms with E-state index in [2.05, 4.69) is 30.3 Å². The molecule has 0 atom stereocenters. The monoisotopic (exact) mass is 290 g/mol. The summed E-state index contributed by atoms with van der Waals surface area (Å²) in [7, 11) is 0.375. The minimum Gasteiger partial charge on any atom is -0.110 e. The van der Waals surface area contributed by atoms with Gasteiger partial charge in [-0.2, -0.15) is 0 Å². The van der Waals surface area contributed by atoms with E-state index in [1.807, 2.05) is 36.4 Å². The predicted octanol–water partition coefficient (Wildman–Crippen LogP) is 4.65. The molecule has 0 aliphatic heterocycles. The lowest BCUT2D eigenvalue weighted by atomic mass is 10.1. The van der Waals surface area contributed by atoms with E-state index in [-0.39, 0.29) is 4.46 Å². The summed E-state index contributed by atoms with van der Waals surface area (Å²) >= 11 is 11.9. The molecule has 0 saturated heterocycles. The van der Waals surface area contributed by atoms with Crippen LogP contribution in [0.2, 0.25) is 0 Å². The Morgan fingerprint density at radius 1 is 0.889 bits per heavy atom. The second-order valence-electron chi connectivity index (χ2n) is 3.78. The first-order valence-electron chi connectivity index (χ1n) is 5.62. The third kappa shape index (κ3) is 4.02. The Bertz CT molecular complexity index is 507. The van der Waals surface area contributed by atoms with Crippen molar-refractivity contribution in [3.05, 3.63) is 71.8 Å². The van der Waals surface area contributed by atoms with Crippen molar-refractivity contribution in [3.8, 4) is 0 Å². The Hall–Kier alpha value is -1.02. The molecule has 2 aromatic rings. The topological polar surface area (TPSA) is 0 Å². The highest BCUT2D eigenvalue weighted by Crippen LogP contribution is 2.20. The molecule has 18 heavy (non-hydrogen) atoms. The Morgan fingerprint density at radius 3 is 2.00 bits per heavy atom. The van der Waals surface area contributed by atoms with Crippen LogP contribution in [-0.2, 0) is 0 Å². The van der Waals surface area contributed by atoms with E-state index in [1.54, 1.807) is 0 Å². The van der Waals surface area contributed by atoms with E-state index in [9.17, 15) is 0 Å². The van der Waals surface area contributed by atoms with Gasteiger partial charge in [-0.3, -0.25) is 0 Å². The molecule has 0 amide bonds. The van der Waals surface area contributed by atoms with Crippen LogP contribution in [0.3, 0.4) is 0 Å². The molecule has 0 bridgehead atoms. The average Bonchev–Trinajstić information content (AvgIpc) is 2.40. The van der Waals surface area contributed by atoms with E-state index in [0.717, 1.165) is 5.56 Å². The minimum atomic E-state index is -0.361. The molecule has 90 valence electrons. The zero-order chi connectivity index (χ0) is 12.8. The Kier molecular flexibility index (Phi) is 5.06. The van der Waals surface area contributed by atoms with Crippen molar-refractivity contribution in [1.82, 2.24) is 0 Å². The van der Waals surface area contributed by atoms with Crippen LogP contribution in [-0.4, -0.2) is 14.0 Å². The first-order chi connectivity index (χ1) is 8.75. The van der Waals surface area contributed by atoms with E-state index >= 15 is 0 Å².